The summed E-state index contributed by atoms with van der Waals surface area (Å²) in [6.45, 7) is 5.24. The van der Waals surface area contributed by atoms with Crippen molar-refractivity contribution in [3.8, 4) is 0 Å². The van der Waals surface area contributed by atoms with E-state index in [4.69, 9.17) is 0 Å². The third kappa shape index (κ3) is 4.32. The number of hydrogen-bond donors (Lipinski definition) is 2. The Kier molecular flexibility index (Phi) is 4.26. The predicted octanol–water partition coefficient (Wildman–Crippen LogP) is 5.51. The third-order valence-electron chi connectivity index (χ3n) is 3.12. The Hall–Kier alpha value is -1.94. The number of rotatable bonds is 3. The van der Waals surface area contributed by atoms with Gasteiger partial charge in [-0.2, -0.15) is 0 Å². The summed E-state index contributed by atoms with van der Waals surface area (Å²) in [4.78, 5) is 6.29. The van der Waals surface area contributed by atoms with E-state index < -0.39 is 15.1 Å². The molecule has 1 aromatic carbocycles. The van der Waals surface area contributed by atoms with Crippen LogP contribution in [0.3, 0.4) is 0 Å². The molecule has 0 bridgehead atoms. The molecule has 1 aliphatic heterocycles. The molecule has 0 amide bonds. The van der Waals surface area contributed by atoms with Crippen molar-refractivity contribution in [3.63, 3.8) is 0 Å². The van der Waals surface area contributed by atoms with Crippen molar-refractivity contribution < 1.29 is 19.4 Å². The van der Waals surface area contributed by atoms with Crippen LogP contribution >= 0.6 is 10.2 Å². The molecule has 0 atom stereocenters. The Morgan fingerprint density at radius 1 is 1.00 bits per heavy atom. The van der Waals surface area contributed by atoms with Crippen molar-refractivity contribution in [1.82, 2.24) is 15.3 Å². The largest absolute Gasteiger partial charge is 0.324 e. The van der Waals surface area contributed by atoms with Gasteiger partial charge in [0.1, 0.15) is 4.90 Å². The van der Waals surface area contributed by atoms with Gasteiger partial charge in [-0.05, 0) is 24.3 Å². The van der Waals surface area contributed by atoms with Crippen molar-refractivity contribution in [2.24, 2.45) is 0 Å². The Morgan fingerprint density at radius 3 is 2.21 bits per heavy atom. The van der Waals surface area contributed by atoms with Crippen LogP contribution in [0.15, 0.2) is 35.4 Å². The van der Waals surface area contributed by atoms with Crippen molar-refractivity contribution in [2.75, 3.05) is 5.32 Å². The molecule has 134 valence electrons. The van der Waals surface area contributed by atoms with Crippen LogP contribution in [0.5, 0.6) is 0 Å². The monoisotopic (exact) mass is 368 g/mol. The predicted molar refractivity (Wildman–Crippen MR) is 85.0 cm³/mol. The Balaban J connectivity index is 0.00000100. The quantitative estimate of drug-likeness (QED) is 0.702. The van der Waals surface area contributed by atoms with Gasteiger partial charge in [-0.1, -0.05) is 33.3 Å². The van der Waals surface area contributed by atoms with Gasteiger partial charge in [0.25, 0.3) is 0 Å². The SMILES string of the molecule is CC.FS(F)(F)(F)(F)c1ccc(Nc2ncc3c(n2)CNC3)cc1. The molecule has 2 aromatic rings. The Labute approximate surface area is 136 Å². The number of anilines is 2. The third-order valence-corrected chi connectivity index (χ3v) is 4.28. The summed E-state index contributed by atoms with van der Waals surface area (Å²) in [5, 5.41) is 5.76. The fourth-order valence-electron chi connectivity index (χ4n) is 2.04. The van der Waals surface area contributed by atoms with E-state index in [2.05, 4.69) is 20.6 Å². The van der Waals surface area contributed by atoms with Crippen LogP contribution in [0.25, 0.3) is 0 Å². The summed E-state index contributed by atoms with van der Waals surface area (Å²) < 4.78 is 63.0. The van der Waals surface area contributed by atoms with Crippen molar-refractivity contribution in [3.05, 3.63) is 41.7 Å². The van der Waals surface area contributed by atoms with Gasteiger partial charge in [0.2, 0.25) is 5.95 Å². The van der Waals surface area contributed by atoms with Gasteiger partial charge in [-0.25, -0.2) is 9.97 Å². The molecule has 10 heteroatoms. The zero-order chi connectivity index (χ0) is 18.1. The summed E-state index contributed by atoms with van der Waals surface area (Å²) in [5.74, 6) is 0.197. The average molecular weight is 368 g/mol. The first-order valence-corrected chi connectivity index (χ1v) is 9.13. The van der Waals surface area contributed by atoms with E-state index in [1.165, 1.54) is 0 Å². The van der Waals surface area contributed by atoms with Crippen molar-refractivity contribution in [1.29, 1.82) is 0 Å². The number of halogens is 5. The molecular weight excluding hydrogens is 351 g/mol. The van der Waals surface area contributed by atoms with Crippen LogP contribution in [0.2, 0.25) is 0 Å². The smallest absolute Gasteiger partial charge is 0.310 e. The number of nitrogens with one attached hydrogen (secondary N) is 2. The van der Waals surface area contributed by atoms with E-state index in [1.54, 1.807) is 6.20 Å². The lowest BCUT2D eigenvalue weighted by Gasteiger charge is -2.40. The van der Waals surface area contributed by atoms with Crippen LogP contribution in [0.4, 0.5) is 31.1 Å². The van der Waals surface area contributed by atoms with Crippen molar-refractivity contribution >= 4 is 21.9 Å². The van der Waals surface area contributed by atoms with Gasteiger partial charge < -0.3 is 10.6 Å². The maximum absolute atomic E-state index is 12.6. The summed E-state index contributed by atoms with van der Waals surface area (Å²) in [6.07, 6.45) is 1.60. The van der Waals surface area contributed by atoms with E-state index in [0.29, 0.717) is 25.2 Å². The number of benzene rings is 1. The summed E-state index contributed by atoms with van der Waals surface area (Å²) in [7, 11) is -9.63. The number of hydrogen-bond acceptors (Lipinski definition) is 4. The molecule has 0 fully saturated rings. The lowest BCUT2D eigenvalue weighted by molar-refractivity contribution is 0.364. The second-order valence-corrected chi connectivity index (χ2v) is 7.30. The molecule has 2 heterocycles. The number of aromatic nitrogens is 2. The molecule has 0 aliphatic carbocycles. The molecule has 0 saturated carbocycles. The standard InChI is InChI=1S/C12H11F5N4S.C2H6/c13-22(14,15,16,17)10-3-1-9(2-4-10)20-12-19-6-8-5-18-7-11(8)21-12;1-2/h1-4,6,18H,5,7H2,(H,19,20,21);1-2H3. The van der Waals surface area contributed by atoms with Crippen LogP contribution in [0, 0.1) is 0 Å². The van der Waals surface area contributed by atoms with E-state index in [1.807, 2.05) is 13.8 Å². The molecule has 2 N–H and O–H groups in total. The minimum atomic E-state index is -9.63. The van der Waals surface area contributed by atoms with Gasteiger partial charge in [0.15, 0.2) is 0 Å². The highest BCUT2D eigenvalue weighted by molar-refractivity contribution is 8.45. The van der Waals surface area contributed by atoms with E-state index in [-0.39, 0.29) is 11.6 Å². The Morgan fingerprint density at radius 2 is 1.62 bits per heavy atom. The average Bonchev–Trinajstić information content (AvgIpc) is 2.95. The molecule has 0 saturated heterocycles. The topological polar surface area (TPSA) is 49.8 Å². The molecule has 1 aliphatic rings. The number of nitrogens with zero attached hydrogens (tertiary/aromatic N) is 2. The number of fused-ring (bicyclic) bond motifs is 1. The van der Waals surface area contributed by atoms with Crippen LogP contribution in [0.1, 0.15) is 25.1 Å². The zero-order valence-electron chi connectivity index (χ0n) is 13.0. The lowest BCUT2D eigenvalue weighted by atomic mass is 10.3. The molecule has 0 unspecified atom stereocenters. The van der Waals surface area contributed by atoms with Gasteiger partial charge >= 0.3 is 10.2 Å². The summed E-state index contributed by atoms with van der Waals surface area (Å²) in [5.41, 5.74) is 1.93. The fourth-order valence-corrected chi connectivity index (χ4v) is 2.69. The van der Waals surface area contributed by atoms with Crippen LogP contribution in [-0.2, 0) is 13.1 Å². The highest BCUT2D eigenvalue weighted by Gasteiger charge is 2.65. The molecular formula is C14H17F5N4S. The highest BCUT2D eigenvalue weighted by atomic mass is 32.5. The first kappa shape index (κ1) is 18.4. The molecule has 0 spiro atoms. The fraction of sp³-hybridized carbons (Fsp3) is 0.286. The van der Waals surface area contributed by atoms with Crippen molar-refractivity contribution in [2.45, 2.75) is 31.8 Å². The van der Waals surface area contributed by atoms with Gasteiger partial charge in [0, 0.05) is 30.5 Å². The van der Waals surface area contributed by atoms with Gasteiger partial charge in [-0.3, -0.25) is 0 Å². The second kappa shape index (κ2) is 5.55. The first-order valence-electron chi connectivity index (χ1n) is 7.18. The van der Waals surface area contributed by atoms with Crippen LogP contribution < -0.4 is 10.6 Å². The molecule has 24 heavy (non-hydrogen) atoms. The van der Waals surface area contributed by atoms with Gasteiger partial charge in [0.05, 0.1) is 5.69 Å². The summed E-state index contributed by atoms with van der Waals surface area (Å²) >= 11 is 0. The molecule has 3 rings (SSSR count). The molecule has 0 radical (unpaired) electrons. The van der Waals surface area contributed by atoms with E-state index >= 15 is 0 Å². The molecule has 1 aromatic heterocycles. The minimum Gasteiger partial charge on any atom is -0.324 e. The van der Waals surface area contributed by atoms with E-state index in [0.717, 1.165) is 23.4 Å². The van der Waals surface area contributed by atoms with E-state index in [9.17, 15) is 19.4 Å². The normalized spacial score (nSPS) is 16.3. The Bertz CT molecular complexity index is 731. The zero-order valence-corrected chi connectivity index (χ0v) is 13.8. The minimum absolute atomic E-state index is 0.191. The maximum atomic E-state index is 12.6. The maximum Gasteiger partial charge on any atom is 0.310 e. The first-order chi connectivity index (χ1) is 11.0. The second-order valence-electron chi connectivity index (χ2n) is 4.89. The van der Waals surface area contributed by atoms with Gasteiger partial charge in [-0.15, -0.1) is 0 Å². The highest BCUT2D eigenvalue weighted by Crippen LogP contribution is 3.02. The lowest BCUT2D eigenvalue weighted by Crippen LogP contribution is -2.06. The summed E-state index contributed by atoms with van der Waals surface area (Å²) in [6, 6.07) is 2.53. The van der Waals surface area contributed by atoms with Crippen LogP contribution in [-0.4, -0.2) is 9.97 Å². The molecule has 4 nitrogen and oxygen atoms in total.